The van der Waals surface area contributed by atoms with Gasteiger partial charge in [0.2, 0.25) is 5.91 Å². The van der Waals surface area contributed by atoms with Crippen LogP contribution >= 0.6 is 11.3 Å². The highest BCUT2D eigenvalue weighted by Crippen LogP contribution is 2.30. The number of carbonyl (C=O) groups excluding carboxylic acids is 2. The lowest BCUT2D eigenvalue weighted by Crippen LogP contribution is -2.35. The van der Waals surface area contributed by atoms with Gasteiger partial charge in [0.25, 0.3) is 5.91 Å². The number of thiophene rings is 1. The number of carbonyl (C=O) groups is 2. The van der Waals surface area contributed by atoms with Crippen LogP contribution in [-0.4, -0.2) is 24.4 Å². The van der Waals surface area contributed by atoms with Crippen LogP contribution in [0.4, 0.5) is 0 Å². The SMILES string of the molecule is O=C(CCNC(=O)c1cc2c(s1)CCC2)NC1CCCC1. The molecule has 1 aromatic rings. The van der Waals surface area contributed by atoms with Crippen molar-refractivity contribution in [2.24, 2.45) is 0 Å². The molecule has 4 nitrogen and oxygen atoms in total. The molecule has 0 radical (unpaired) electrons. The number of nitrogens with one attached hydrogen (secondary N) is 2. The van der Waals surface area contributed by atoms with E-state index in [1.807, 2.05) is 6.07 Å². The van der Waals surface area contributed by atoms with Crippen molar-refractivity contribution in [3.05, 3.63) is 21.4 Å². The van der Waals surface area contributed by atoms with E-state index in [-0.39, 0.29) is 11.8 Å². The quantitative estimate of drug-likeness (QED) is 0.877. The van der Waals surface area contributed by atoms with Crippen LogP contribution in [0.1, 0.15) is 58.6 Å². The Balaban J connectivity index is 1.40. The zero-order chi connectivity index (χ0) is 14.7. The monoisotopic (exact) mass is 306 g/mol. The van der Waals surface area contributed by atoms with Gasteiger partial charge in [0.05, 0.1) is 4.88 Å². The molecule has 0 spiro atoms. The van der Waals surface area contributed by atoms with Gasteiger partial charge >= 0.3 is 0 Å². The Morgan fingerprint density at radius 1 is 1.19 bits per heavy atom. The first-order chi connectivity index (χ1) is 10.2. The molecule has 0 saturated heterocycles. The highest BCUT2D eigenvalue weighted by Gasteiger charge is 2.19. The fourth-order valence-corrected chi connectivity index (χ4v) is 4.36. The molecule has 2 N–H and O–H groups in total. The van der Waals surface area contributed by atoms with Crippen molar-refractivity contribution < 1.29 is 9.59 Å². The summed E-state index contributed by atoms with van der Waals surface area (Å²) in [5.41, 5.74) is 1.34. The van der Waals surface area contributed by atoms with Crippen LogP contribution in [0, 0.1) is 0 Å². The summed E-state index contributed by atoms with van der Waals surface area (Å²) in [6.45, 7) is 0.417. The fourth-order valence-electron chi connectivity index (χ4n) is 3.19. The van der Waals surface area contributed by atoms with Crippen molar-refractivity contribution >= 4 is 23.2 Å². The molecular weight excluding hydrogens is 284 g/mol. The molecule has 3 rings (SSSR count). The minimum Gasteiger partial charge on any atom is -0.353 e. The highest BCUT2D eigenvalue weighted by atomic mass is 32.1. The Bertz CT molecular complexity index is 511. The van der Waals surface area contributed by atoms with E-state index in [4.69, 9.17) is 0 Å². The van der Waals surface area contributed by atoms with Gasteiger partial charge in [0.1, 0.15) is 0 Å². The first kappa shape index (κ1) is 14.6. The molecule has 1 aromatic heterocycles. The molecule has 1 saturated carbocycles. The topological polar surface area (TPSA) is 58.2 Å². The van der Waals surface area contributed by atoms with Gasteiger partial charge in [-0.15, -0.1) is 11.3 Å². The van der Waals surface area contributed by atoms with Gasteiger partial charge in [-0.1, -0.05) is 12.8 Å². The largest absolute Gasteiger partial charge is 0.353 e. The minimum atomic E-state index is -0.0388. The minimum absolute atomic E-state index is 0.0388. The molecule has 5 heteroatoms. The molecule has 2 amide bonds. The molecule has 0 aliphatic heterocycles. The molecule has 21 heavy (non-hydrogen) atoms. The lowest BCUT2D eigenvalue weighted by atomic mass is 10.2. The molecule has 1 fully saturated rings. The lowest BCUT2D eigenvalue weighted by molar-refractivity contribution is -0.121. The van der Waals surface area contributed by atoms with Gasteiger partial charge in [0.15, 0.2) is 0 Å². The van der Waals surface area contributed by atoms with Crippen molar-refractivity contribution in [2.75, 3.05) is 6.54 Å². The van der Waals surface area contributed by atoms with Gasteiger partial charge in [0, 0.05) is 23.9 Å². The van der Waals surface area contributed by atoms with Crippen molar-refractivity contribution in [3.63, 3.8) is 0 Å². The van der Waals surface area contributed by atoms with Crippen molar-refractivity contribution in [3.8, 4) is 0 Å². The molecule has 2 aliphatic carbocycles. The second-order valence-electron chi connectivity index (χ2n) is 5.97. The van der Waals surface area contributed by atoms with Crippen LogP contribution in [0.3, 0.4) is 0 Å². The third-order valence-corrected chi connectivity index (χ3v) is 5.56. The standard InChI is InChI=1S/C16H22N2O2S/c19-15(18-12-5-1-2-6-12)8-9-17-16(20)14-10-11-4-3-7-13(11)21-14/h10,12H,1-9H2,(H,17,20)(H,18,19). The Hall–Kier alpha value is -1.36. The number of rotatable bonds is 5. The van der Waals surface area contributed by atoms with Crippen LogP contribution in [0.15, 0.2) is 6.07 Å². The maximum atomic E-state index is 12.0. The van der Waals surface area contributed by atoms with Crippen LogP contribution in [-0.2, 0) is 17.6 Å². The smallest absolute Gasteiger partial charge is 0.261 e. The number of amides is 2. The van der Waals surface area contributed by atoms with E-state index >= 15 is 0 Å². The normalized spacial score (nSPS) is 17.7. The first-order valence-corrected chi connectivity index (χ1v) is 8.73. The second-order valence-corrected chi connectivity index (χ2v) is 7.10. The van der Waals surface area contributed by atoms with E-state index in [2.05, 4.69) is 10.6 Å². The summed E-state index contributed by atoms with van der Waals surface area (Å²) < 4.78 is 0. The summed E-state index contributed by atoms with van der Waals surface area (Å²) in [5, 5.41) is 5.89. The maximum absolute atomic E-state index is 12.0. The summed E-state index contributed by atoms with van der Waals surface area (Å²) in [7, 11) is 0. The third kappa shape index (κ3) is 3.64. The van der Waals surface area contributed by atoms with Gasteiger partial charge < -0.3 is 10.6 Å². The Kier molecular flexibility index (Phi) is 4.58. The zero-order valence-corrected chi connectivity index (χ0v) is 13.1. The predicted molar refractivity (Wildman–Crippen MR) is 83.7 cm³/mol. The van der Waals surface area contributed by atoms with Crippen molar-refractivity contribution in [1.82, 2.24) is 10.6 Å². The van der Waals surface area contributed by atoms with Crippen LogP contribution in [0.25, 0.3) is 0 Å². The summed E-state index contributed by atoms with van der Waals surface area (Å²) in [4.78, 5) is 26.0. The second kappa shape index (κ2) is 6.60. The van der Waals surface area contributed by atoms with E-state index < -0.39 is 0 Å². The Morgan fingerprint density at radius 3 is 2.76 bits per heavy atom. The average Bonchev–Trinajstić information content (AvgIpc) is 3.14. The number of fused-ring (bicyclic) bond motifs is 1. The lowest BCUT2D eigenvalue weighted by Gasteiger charge is -2.11. The van der Waals surface area contributed by atoms with Crippen LogP contribution in [0.2, 0.25) is 0 Å². The number of aryl methyl sites for hydroxylation is 2. The molecule has 0 bridgehead atoms. The summed E-state index contributed by atoms with van der Waals surface area (Å²) in [6, 6.07) is 2.37. The summed E-state index contributed by atoms with van der Waals surface area (Å²) in [5.74, 6) is 0.0129. The van der Waals surface area contributed by atoms with Crippen LogP contribution in [0.5, 0.6) is 0 Å². The summed E-state index contributed by atoms with van der Waals surface area (Å²) >= 11 is 1.60. The van der Waals surface area contributed by atoms with E-state index in [1.54, 1.807) is 11.3 Å². The van der Waals surface area contributed by atoms with Gasteiger partial charge in [-0.3, -0.25) is 9.59 Å². The molecule has 0 atom stereocenters. The highest BCUT2D eigenvalue weighted by molar-refractivity contribution is 7.14. The van der Waals surface area contributed by atoms with E-state index in [9.17, 15) is 9.59 Å². The number of hydrogen-bond acceptors (Lipinski definition) is 3. The Labute approximate surface area is 129 Å². The van der Waals surface area contributed by atoms with Crippen LogP contribution < -0.4 is 10.6 Å². The molecule has 0 unspecified atom stereocenters. The van der Waals surface area contributed by atoms with Crippen molar-refractivity contribution in [1.29, 1.82) is 0 Å². The predicted octanol–water partition coefficient (Wildman–Crippen LogP) is 2.42. The van der Waals surface area contributed by atoms with E-state index in [1.165, 1.54) is 29.7 Å². The molecule has 1 heterocycles. The van der Waals surface area contributed by atoms with Gasteiger partial charge in [-0.2, -0.15) is 0 Å². The zero-order valence-electron chi connectivity index (χ0n) is 12.2. The molecular formula is C16H22N2O2S. The Morgan fingerprint density at radius 2 is 2.00 bits per heavy atom. The van der Waals surface area contributed by atoms with E-state index in [0.29, 0.717) is 19.0 Å². The van der Waals surface area contributed by atoms with Crippen molar-refractivity contribution in [2.45, 2.75) is 57.4 Å². The summed E-state index contributed by atoms with van der Waals surface area (Å²) in [6.07, 6.45) is 8.41. The maximum Gasteiger partial charge on any atom is 0.261 e. The molecule has 114 valence electrons. The number of hydrogen-bond donors (Lipinski definition) is 2. The average molecular weight is 306 g/mol. The van der Waals surface area contributed by atoms with Gasteiger partial charge in [-0.25, -0.2) is 0 Å². The molecule has 2 aliphatic rings. The van der Waals surface area contributed by atoms with E-state index in [0.717, 1.165) is 30.6 Å². The molecule has 0 aromatic carbocycles. The fraction of sp³-hybridized carbons (Fsp3) is 0.625. The first-order valence-electron chi connectivity index (χ1n) is 7.91. The third-order valence-electron chi connectivity index (χ3n) is 4.33. The van der Waals surface area contributed by atoms with Gasteiger partial charge in [-0.05, 0) is 43.7 Å².